The smallest absolute Gasteiger partial charge is 0.263 e. The van der Waals surface area contributed by atoms with Crippen molar-refractivity contribution in [1.29, 1.82) is 0 Å². The molecule has 120 valence electrons. The van der Waals surface area contributed by atoms with Crippen LogP contribution in [0, 0.1) is 0 Å². The van der Waals surface area contributed by atoms with Gasteiger partial charge in [0.15, 0.2) is 0 Å². The lowest BCUT2D eigenvalue weighted by molar-refractivity contribution is 0.0950. The number of piperidine rings is 1. The molecule has 2 aromatic rings. The zero-order valence-electron chi connectivity index (χ0n) is 12.5. The molecule has 23 heavy (non-hydrogen) atoms. The lowest BCUT2D eigenvalue weighted by Gasteiger charge is -2.29. The number of carbonyl (C=O) groups is 1. The first-order valence-corrected chi connectivity index (χ1v) is 8.51. The van der Waals surface area contributed by atoms with E-state index in [9.17, 15) is 9.18 Å². The van der Waals surface area contributed by atoms with E-state index in [1.54, 1.807) is 12.4 Å². The number of halogens is 1. The molecule has 0 aliphatic carbocycles. The van der Waals surface area contributed by atoms with E-state index < -0.39 is 6.17 Å². The van der Waals surface area contributed by atoms with Crippen molar-refractivity contribution >= 4 is 23.1 Å². The van der Waals surface area contributed by atoms with Crippen LogP contribution < -0.4 is 10.2 Å². The van der Waals surface area contributed by atoms with E-state index in [4.69, 9.17) is 0 Å². The van der Waals surface area contributed by atoms with Gasteiger partial charge in [-0.1, -0.05) is 0 Å². The largest absolute Gasteiger partial charge is 0.352 e. The number of nitrogens with zero attached hydrogens (tertiary/aromatic N) is 4. The van der Waals surface area contributed by atoms with Crippen LogP contribution in [-0.4, -0.2) is 46.7 Å². The topological polar surface area (TPSA) is 71.0 Å². The molecule has 2 aromatic heterocycles. The summed E-state index contributed by atoms with van der Waals surface area (Å²) in [4.78, 5) is 27.7. The summed E-state index contributed by atoms with van der Waals surface area (Å²) in [5.41, 5.74) is 1.48. The lowest BCUT2D eigenvalue weighted by atomic mass is 10.1. The summed E-state index contributed by atoms with van der Waals surface area (Å²) in [5, 5.41) is 3.51. The highest BCUT2D eigenvalue weighted by molar-refractivity contribution is 7.17. The third-order valence-electron chi connectivity index (χ3n) is 4.10. The Morgan fingerprint density at radius 2 is 2.26 bits per heavy atom. The van der Waals surface area contributed by atoms with Crippen LogP contribution in [-0.2, 0) is 6.42 Å². The highest BCUT2D eigenvalue weighted by Gasteiger charge is 2.24. The summed E-state index contributed by atoms with van der Waals surface area (Å²) in [6.45, 7) is 1.80. The average molecular weight is 333 g/mol. The molecule has 4 heterocycles. The Balaban J connectivity index is 1.57. The fourth-order valence-electron chi connectivity index (χ4n) is 2.91. The minimum atomic E-state index is -0.797. The van der Waals surface area contributed by atoms with Crippen molar-refractivity contribution < 1.29 is 9.18 Å². The molecule has 0 spiro atoms. The number of nitrogens with one attached hydrogen (secondary N) is 1. The SMILES string of the molecule is O=C1NCCc2nc(-c3cnc(N4CCCC(F)C4)cn3)sc21. The molecular formula is C15H16FN5OS. The van der Waals surface area contributed by atoms with Gasteiger partial charge in [-0.15, -0.1) is 11.3 Å². The van der Waals surface area contributed by atoms with Gasteiger partial charge in [-0.3, -0.25) is 4.79 Å². The van der Waals surface area contributed by atoms with Gasteiger partial charge in [0, 0.05) is 19.5 Å². The van der Waals surface area contributed by atoms with Gasteiger partial charge >= 0.3 is 0 Å². The zero-order chi connectivity index (χ0) is 15.8. The molecule has 0 bridgehead atoms. The number of aromatic nitrogens is 3. The van der Waals surface area contributed by atoms with Crippen LogP contribution >= 0.6 is 11.3 Å². The summed E-state index contributed by atoms with van der Waals surface area (Å²) in [5.74, 6) is 0.622. The quantitative estimate of drug-likeness (QED) is 0.908. The summed E-state index contributed by atoms with van der Waals surface area (Å²) < 4.78 is 13.5. The van der Waals surface area contributed by atoms with Gasteiger partial charge in [0.05, 0.1) is 24.6 Å². The van der Waals surface area contributed by atoms with Gasteiger partial charge in [0.25, 0.3) is 5.91 Å². The molecule has 0 aromatic carbocycles. The normalized spacial score (nSPS) is 21.0. The number of rotatable bonds is 2. The first-order chi connectivity index (χ1) is 11.2. The Hall–Kier alpha value is -2.09. The molecule has 1 amide bonds. The van der Waals surface area contributed by atoms with E-state index in [0.717, 1.165) is 25.1 Å². The summed E-state index contributed by atoms with van der Waals surface area (Å²) >= 11 is 1.34. The minimum absolute atomic E-state index is 0.0677. The van der Waals surface area contributed by atoms with Crippen molar-refractivity contribution in [3.63, 3.8) is 0 Å². The van der Waals surface area contributed by atoms with Crippen molar-refractivity contribution in [2.24, 2.45) is 0 Å². The maximum Gasteiger partial charge on any atom is 0.263 e. The van der Waals surface area contributed by atoms with Crippen molar-refractivity contribution in [3.8, 4) is 10.7 Å². The Morgan fingerprint density at radius 3 is 3.00 bits per heavy atom. The first-order valence-electron chi connectivity index (χ1n) is 7.70. The predicted molar refractivity (Wildman–Crippen MR) is 85.5 cm³/mol. The zero-order valence-corrected chi connectivity index (χ0v) is 13.3. The van der Waals surface area contributed by atoms with Crippen molar-refractivity contribution in [2.45, 2.75) is 25.4 Å². The molecule has 1 N–H and O–H groups in total. The Bertz CT molecular complexity index is 732. The van der Waals surface area contributed by atoms with Crippen LogP contribution in [0.2, 0.25) is 0 Å². The molecule has 1 unspecified atom stereocenters. The lowest BCUT2D eigenvalue weighted by Crippen LogP contribution is -2.36. The third kappa shape index (κ3) is 2.78. The number of alkyl halides is 1. The average Bonchev–Trinajstić information content (AvgIpc) is 3.01. The molecule has 0 radical (unpaired) electrons. The van der Waals surface area contributed by atoms with E-state index in [0.29, 0.717) is 40.9 Å². The van der Waals surface area contributed by atoms with E-state index in [1.807, 2.05) is 4.90 Å². The number of carbonyl (C=O) groups excluding carboxylic acids is 1. The van der Waals surface area contributed by atoms with E-state index in [1.165, 1.54) is 11.3 Å². The van der Waals surface area contributed by atoms with Gasteiger partial charge < -0.3 is 10.2 Å². The van der Waals surface area contributed by atoms with E-state index >= 15 is 0 Å². The molecule has 8 heteroatoms. The molecule has 1 atom stereocenters. The number of amides is 1. The standard InChI is InChI=1S/C15H16FN5OS/c16-9-2-1-5-21(8-9)12-7-18-11(6-19-12)15-20-10-3-4-17-14(22)13(10)23-15/h6-7,9H,1-5,8H2,(H,17,22). The third-order valence-corrected chi connectivity index (χ3v) is 5.22. The second kappa shape index (κ2) is 5.84. The van der Waals surface area contributed by atoms with Gasteiger partial charge in [0.2, 0.25) is 0 Å². The molecule has 4 rings (SSSR count). The first kappa shape index (κ1) is 14.5. The van der Waals surface area contributed by atoms with Crippen LogP contribution in [0.15, 0.2) is 12.4 Å². The number of anilines is 1. The van der Waals surface area contributed by atoms with Crippen molar-refractivity contribution in [3.05, 3.63) is 23.0 Å². The number of thiazole rings is 1. The maximum absolute atomic E-state index is 13.5. The Kier molecular flexibility index (Phi) is 3.68. The summed E-state index contributed by atoms with van der Waals surface area (Å²) in [6.07, 6.45) is 4.71. The van der Waals surface area contributed by atoms with Crippen molar-refractivity contribution in [2.75, 3.05) is 24.5 Å². The monoisotopic (exact) mass is 333 g/mol. The number of fused-ring (bicyclic) bond motifs is 1. The second-order valence-corrected chi connectivity index (χ2v) is 6.75. The summed E-state index contributed by atoms with van der Waals surface area (Å²) in [7, 11) is 0. The van der Waals surface area contributed by atoms with Gasteiger partial charge in [-0.25, -0.2) is 19.3 Å². The molecule has 2 aliphatic heterocycles. The van der Waals surface area contributed by atoms with E-state index in [-0.39, 0.29) is 5.91 Å². The van der Waals surface area contributed by atoms with Gasteiger partial charge in [-0.05, 0) is 12.8 Å². The second-order valence-electron chi connectivity index (χ2n) is 5.75. The molecule has 1 fully saturated rings. The predicted octanol–water partition coefficient (Wildman–Crippen LogP) is 1.82. The van der Waals surface area contributed by atoms with Crippen LogP contribution in [0.5, 0.6) is 0 Å². The minimum Gasteiger partial charge on any atom is -0.352 e. The Labute approximate surface area is 136 Å². The van der Waals surface area contributed by atoms with E-state index in [2.05, 4.69) is 20.3 Å². The van der Waals surface area contributed by atoms with Crippen LogP contribution in [0.25, 0.3) is 10.7 Å². The fraction of sp³-hybridized carbons (Fsp3) is 0.467. The highest BCUT2D eigenvalue weighted by atomic mass is 32.1. The van der Waals surface area contributed by atoms with Gasteiger partial charge in [-0.2, -0.15) is 0 Å². The number of hydrogen-bond acceptors (Lipinski definition) is 6. The molecule has 1 saturated heterocycles. The fourth-order valence-corrected chi connectivity index (χ4v) is 3.90. The van der Waals surface area contributed by atoms with Crippen LogP contribution in [0.4, 0.5) is 10.2 Å². The van der Waals surface area contributed by atoms with Crippen molar-refractivity contribution in [1.82, 2.24) is 20.3 Å². The highest BCUT2D eigenvalue weighted by Crippen LogP contribution is 2.29. The molecule has 0 saturated carbocycles. The van der Waals surface area contributed by atoms with Crippen LogP contribution in [0.1, 0.15) is 28.2 Å². The molecule has 2 aliphatic rings. The Morgan fingerprint density at radius 1 is 1.35 bits per heavy atom. The summed E-state index contributed by atoms with van der Waals surface area (Å²) in [6, 6.07) is 0. The molecule has 6 nitrogen and oxygen atoms in total. The maximum atomic E-state index is 13.5. The van der Waals surface area contributed by atoms with Crippen LogP contribution in [0.3, 0.4) is 0 Å². The van der Waals surface area contributed by atoms with Gasteiger partial charge in [0.1, 0.15) is 27.6 Å². The number of hydrogen-bond donors (Lipinski definition) is 1. The molecular weight excluding hydrogens is 317 g/mol.